The molecular formula is C11H17F3N4. The molecule has 0 amide bonds. The van der Waals surface area contributed by atoms with E-state index in [1.807, 2.05) is 7.05 Å². The number of halogens is 3. The van der Waals surface area contributed by atoms with Crippen LogP contribution in [0.5, 0.6) is 0 Å². The summed E-state index contributed by atoms with van der Waals surface area (Å²) in [6.45, 7) is 1.77. The first-order chi connectivity index (χ1) is 8.41. The molecule has 1 aliphatic heterocycles. The van der Waals surface area contributed by atoms with Gasteiger partial charge in [0.05, 0.1) is 6.04 Å². The van der Waals surface area contributed by atoms with Gasteiger partial charge in [-0.2, -0.15) is 18.3 Å². The van der Waals surface area contributed by atoms with E-state index in [1.54, 1.807) is 7.05 Å². The first-order valence-corrected chi connectivity index (χ1v) is 5.95. The van der Waals surface area contributed by atoms with E-state index in [0.717, 1.165) is 32.0 Å². The Labute approximate surface area is 104 Å². The maximum Gasteiger partial charge on any atom is 0.435 e. The Morgan fingerprint density at radius 3 is 2.44 bits per heavy atom. The van der Waals surface area contributed by atoms with Gasteiger partial charge >= 0.3 is 6.18 Å². The van der Waals surface area contributed by atoms with Gasteiger partial charge in [-0.15, -0.1) is 0 Å². The Bertz CT molecular complexity index is 405. The molecule has 0 unspecified atom stereocenters. The largest absolute Gasteiger partial charge is 0.435 e. The van der Waals surface area contributed by atoms with Crippen molar-refractivity contribution in [3.63, 3.8) is 0 Å². The average Bonchev–Trinajstić information content (AvgIpc) is 2.73. The molecule has 0 aliphatic carbocycles. The van der Waals surface area contributed by atoms with Crippen molar-refractivity contribution < 1.29 is 13.2 Å². The number of nitrogens with one attached hydrogen (secondary N) is 1. The van der Waals surface area contributed by atoms with Gasteiger partial charge in [0, 0.05) is 13.1 Å². The smallest absolute Gasteiger partial charge is 0.373 e. The van der Waals surface area contributed by atoms with Crippen LogP contribution in [0.3, 0.4) is 0 Å². The van der Waals surface area contributed by atoms with Crippen LogP contribution in [0.2, 0.25) is 0 Å². The fourth-order valence-electron chi connectivity index (χ4n) is 2.24. The fourth-order valence-corrected chi connectivity index (χ4v) is 2.24. The van der Waals surface area contributed by atoms with E-state index in [0.29, 0.717) is 5.82 Å². The fraction of sp³-hybridized carbons (Fsp3) is 0.727. The molecule has 2 heterocycles. The Kier molecular flexibility index (Phi) is 3.52. The van der Waals surface area contributed by atoms with Gasteiger partial charge in [-0.1, -0.05) is 0 Å². The molecule has 0 saturated carbocycles. The highest BCUT2D eigenvalue weighted by molar-refractivity contribution is 5.37. The molecule has 1 aromatic rings. The molecule has 102 valence electrons. The number of likely N-dealkylation sites (tertiary alicyclic amines) is 1. The van der Waals surface area contributed by atoms with Gasteiger partial charge in [0.25, 0.3) is 0 Å². The molecule has 0 atom stereocenters. The van der Waals surface area contributed by atoms with Crippen LogP contribution in [0.1, 0.15) is 24.6 Å². The predicted octanol–water partition coefficient (Wildman–Crippen LogP) is 2.21. The highest BCUT2D eigenvalue weighted by Crippen LogP contribution is 2.33. The monoisotopic (exact) mass is 262 g/mol. The number of nitrogens with zero attached hydrogens (tertiary/aromatic N) is 3. The Morgan fingerprint density at radius 1 is 1.33 bits per heavy atom. The topological polar surface area (TPSA) is 33.1 Å². The van der Waals surface area contributed by atoms with E-state index in [1.165, 1.54) is 4.68 Å². The maximum atomic E-state index is 12.6. The molecule has 1 saturated heterocycles. The molecular weight excluding hydrogens is 245 g/mol. The van der Waals surface area contributed by atoms with Crippen molar-refractivity contribution in [1.29, 1.82) is 0 Å². The molecule has 1 aromatic heterocycles. The Balaban J connectivity index is 2.24. The average molecular weight is 262 g/mol. The highest BCUT2D eigenvalue weighted by atomic mass is 19.4. The lowest BCUT2D eigenvalue weighted by Gasteiger charge is -2.29. The normalized spacial score (nSPS) is 19.2. The molecule has 0 radical (unpaired) electrons. The SMILES string of the molecule is CNc1cc(C(F)(F)F)nn1C1CCN(C)CC1. The highest BCUT2D eigenvalue weighted by Gasteiger charge is 2.36. The zero-order chi connectivity index (χ0) is 13.3. The van der Waals surface area contributed by atoms with Crippen molar-refractivity contribution in [1.82, 2.24) is 14.7 Å². The number of alkyl halides is 3. The van der Waals surface area contributed by atoms with Crippen molar-refractivity contribution in [2.75, 3.05) is 32.5 Å². The van der Waals surface area contributed by atoms with E-state index >= 15 is 0 Å². The minimum atomic E-state index is -4.39. The summed E-state index contributed by atoms with van der Waals surface area (Å²) < 4.78 is 39.4. The van der Waals surface area contributed by atoms with E-state index < -0.39 is 11.9 Å². The van der Waals surface area contributed by atoms with Gasteiger partial charge < -0.3 is 10.2 Å². The van der Waals surface area contributed by atoms with Gasteiger partial charge in [0.15, 0.2) is 5.69 Å². The lowest BCUT2D eigenvalue weighted by molar-refractivity contribution is -0.141. The molecule has 0 bridgehead atoms. The molecule has 1 fully saturated rings. The summed E-state index contributed by atoms with van der Waals surface area (Å²) in [6.07, 6.45) is -2.74. The molecule has 18 heavy (non-hydrogen) atoms. The van der Waals surface area contributed by atoms with Gasteiger partial charge in [-0.25, -0.2) is 4.68 Å². The molecule has 7 heteroatoms. The molecule has 4 nitrogen and oxygen atoms in total. The van der Waals surface area contributed by atoms with Crippen molar-refractivity contribution in [3.8, 4) is 0 Å². The molecule has 1 aliphatic rings. The van der Waals surface area contributed by atoms with Crippen LogP contribution in [0.4, 0.5) is 19.0 Å². The van der Waals surface area contributed by atoms with E-state index in [4.69, 9.17) is 0 Å². The second-order valence-electron chi connectivity index (χ2n) is 4.64. The minimum Gasteiger partial charge on any atom is -0.373 e. The number of aromatic nitrogens is 2. The maximum absolute atomic E-state index is 12.6. The molecule has 1 N–H and O–H groups in total. The third-order valence-electron chi connectivity index (χ3n) is 3.32. The zero-order valence-electron chi connectivity index (χ0n) is 10.5. The van der Waals surface area contributed by atoms with Gasteiger partial charge in [0.2, 0.25) is 0 Å². The van der Waals surface area contributed by atoms with E-state index in [9.17, 15) is 13.2 Å². The summed E-state index contributed by atoms with van der Waals surface area (Å²) in [4.78, 5) is 2.17. The van der Waals surface area contributed by atoms with Crippen LogP contribution in [-0.4, -0.2) is 41.9 Å². The lowest BCUT2D eigenvalue weighted by atomic mass is 10.1. The van der Waals surface area contributed by atoms with E-state index in [2.05, 4.69) is 15.3 Å². The number of rotatable bonds is 2. The Morgan fingerprint density at radius 2 is 1.94 bits per heavy atom. The molecule has 2 rings (SSSR count). The van der Waals surface area contributed by atoms with Crippen molar-refractivity contribution in [2.24, 2.45) is 0 Å². The molecule has 0 spiro atoms. The number of hydrogen-bond donors (Lipinski definition) is 1. The van der Waals surface area contributed by atoms with Gasteiger partial charge in [0.1, 0.15) is 5.82 Å². The second kappa shape index (κ2) is 4.79. The number of hydrogen-bond acceptors (Lipinski definition) is 3. The zero-order valence-corrected chi connectivity index (χ0v) is 10.5. The van der Waals surface area contributed by atoms with Crippen LogP contribution in [0, 0.1) is 0 Å². The van der Waals surface area contributed by atoms with Gasteiger partial charge in [-0.3, -0.25) is 0 Å². The summed E-state index contributed by atoms with van der Waals surface area (Å²) in [7, 11) is 3.63. The summed E-state index contributed by atoms with van der Waals surface area (Å²) in [5.41, 5.74) is -0.828. The summed E-state index contributed by atoms with van der Waals surface area (Å²) >= 11 is 0. The van der Waals surface area contributed by atoms with E-state index in [-0.39, 0.29) is 6.04 Å². The van der Waals surface area contributed by atoms with Crippen LogP contribution >= 0.6 is 0 Å². The van der Waals surface area contributed by atoms with Crippen LogP contribution in [0.15, 0.2) is 6.07 Å². The summed E-state index contributed by atoms with van der Waals surface area (Å²) in [6, 6.07) is 1.11. The van der Waals surface area contributed by atoms with Crippen LogP contribution < -0.4 is 5.32 Å². The van der Waals surface area contributed by atoms with Crippen molar-refractivity contribution in [2.45, 2.75) is 25.1 Å². The first kappa shape index (κ1) is 13.2. The predicted molar refractivity (Wildman–Crippen MR) is 62.5 cm³/mol. The third-order valence-corrected chi connectivity index (χ3v) is 3.32. The Hall–Kier alpha value is -1.24. The summed E-state index contributed by atoms with van der Waals surface area (Å²) in [5.74, 6) is 0.428. The number of piperidine rings is 1. The van der Waals surface area contributed by atoms with Crippen LogP contribution in [-0.2, 0) is 6.18 Å². The van der Waals surface area contributed by atoms with Crippen LogP contribution in [0.25, 0.3) is 0 Å². The quantitative estimate of drug-likeness (QED) is 0.887. The second-order valence-corrected chi connectivity index (χ2v) is 4.64. The van der Waals surface area contributed by atoms with Crippen molar-refractivity contribution >= 4 is 5.82 Å². The minimum absolute atomic E-state index is 0.0414. The third kappa shape index (κ3) is 2.60. The standard InChI is InChI=1S/C11H17F3N4/c1-15-10-7-9(11(12,13)14)16-18(10)8-3-5-17(2)6-4-8/h7-8,15H,3-6H2,1-2H3. The molecule has 0 aromatic carbocycles. The number of anilines is 1. The van der Waals surface area contributed by atoms with Gasteiger partial charge in [-0.05, 0) is 33.0 Å². The lowest BCUT2D eigenvalue weighted by Crippen LogP contribution is -2.32. The summed E-state index contributed by atoms with van der Waals surface area (Å²) in [5, 5.41) is 6.50. The van der Waals surface area contributed by atoms with Crippen molar-refractivity contribution in [3.05, 3.63) is 11.8 Å². The first-order valence-electron chi connectivity index (χ1n) is 5.95.